The Balaban J connectivity index is 2.22. The number of aliphatic imine (C=N–C) groups is 1. The van der Waals surface area contributed by atoms with Gasteiger partial charge < -0.3 is 9.47 Å². The Kier molecular flexibility index (Phi) is 2.68. The van der Waals surface area contributed by atoms with Crippen molar-refractivity contribution < 1.29 is 19.1 Å². The number of nitrogens with zero attached hydrogens (tertiary/aromatic N) is 1. The van der Waals surface area contributed by atoms with Crippen LogP contribution in [0.3, 0.4) is 0 Å². The molecule has 0 N–H and O–H groups in total. The number of carbonyl (C=O) groups excluding carboxylic acids is 2. The molecule has 1 aliphatic rings. The zero-order valence-corrected chi connectivity index (χ0v) is 8.60. The molecule has 0 aromatic heterocycles. The lowest BCUT2D eigenvalue weighted by Gasteiger charge is -2.03. The highest BCUT2D eigenvalue weighted by Crippen LogP contribution is 2.19. The van der Waals surface area contributed by atoms with Gasteiger partial charge >= 0.3 is 6.16 Å². The molecule has 5 nitrogen and oxygen atoms in total. The van der Waals surface area contributed by atoms with E-state index in [9.17, 15) is 9.59 Å². The van der Waals surface area contributed by atoms with Gasteiger partial charge in [-0.15, -0.1) is 0 Å². The van der Waals surface area contributed by atoms with Gasteiger partial charge in [0.2, 0.25) is 5.90 Å². The Hall–Kier alpha value is -2.17. The average Bonchev–Trinajstić information content (AvgIpc) is 2.57. The summed E-state index contributed by atoms with van der Waals surface area (Å²) in [4.78, 5) is 26.1. The molecule has 16 heavy (non-hydrogen) atoms. The van der Waals surface area contributed by atoms with Crippen LogP contribution in [0.4, 0.5) is 4.79 Å². The molecule has 0 aliphatic carbocycles. The Labute approximate surface area is 91.7 Å². The number of hydrogen-bond acceptors (Lipinski definition) is 4. The van der Waals surface area contributed by atoms with Gasteiger partial charge in [0.15, 0.2) is 0 Å². The van der Waals surface area contributed by atoms with E-state index in [-0.39, 0.29) is 12.5 Å². The third kappa shape index (κ3) is 1.79. The van der Waals surface area contributed by atoms with Crippen molar-refractivity contribution in [2.75, 3.05) is 6.61 Å². The maximum atomic E-state index is 11.4. The summed E-state index contributed by atoms with van der Waals surface area (Å²) in [6.45, 7) is 1.87. The Morgan fingerprint density at radius 2 is 2.00 bits per heavy atom. The molecule has 1 amide bonds. The number of fused-ring (bicyclic) bond motifs is 1. The Morgan fingerprint density at radius 3 is 2.69 bits per heavy atom. The lowest BCUT2D eigenvalue weighted by Crippen LogP contribution is -2.13. The van der Waals surface area contributed by atoms with Crippen molar-refractivity contribution in [1.29, 1.82) is 0 Å². The van der Waals surface area contributed by atoms with Crippen LogP contribution >= 0.6 is 0 Å². The zero-order valence-electron chi connectivity index (χ0n) is 8.60. The topological polar surface area (TPSA) is 65.0 Å². The number of rotatable bonds is 1. The second kappa shape index (κ2) is 4.14. The van der Waals surface area contributed by atoms with E-state index >= 15 is 0 Å². The summed E-state index contributed by atoms with van der Waals surface area (Å²) in [6.07, 6.45) is -0.856. The van der Waals surface area contributed by atoms with E-state index < -0.39 is 12.1 Å². The summed E-state index contributed by atoms with van der Waals surface area (Å²) in [5, 5.41) is 0. The average molecular weight is 219 g/mol. The van der Waals surface area contributed by atoms with Crippen molar-refractivity contribution >= 4 is 18.0 Å². The van der Waals surface area contributed by atoms with Crippen LogP contribution in [-0.4, -0.2) is 24.6 Å². The molecule has 2 rings (SSSR count). The van der Waals surface area contributed by atoms with E-state index in [0.717, 1.165) is 0 Å². The van der Waals surface area contributed by atoms with Crippen molar-refractivity contribution in [2.45, 2.75) is 6.92 Å². The van der Waals surface area contributed by atoms with Crippen LogP contribution in [0.25, 0.3) is 0 Å². The molecule has 1 aromatic rings. The summed E-state index contributed by atoms with van der Waals surface area (Å²) in [6, 6.07) is 6.75. The van der Waals surface area contributed by atoms with E-state index in [1.807, 2.05) is 0 Å². The van der Waals surface area contributed by atoms with Crippen LogP contribution in [0.5, 0.6) is 0 Å². The fraction of sp³-hybridized carbons (Fsp3) is 0.182. The minimum Gasteiger partial charge on any atom is -0.434 e. The minimum atomic E-state index is -0.856. The first-order chi connectivity index (χ1) is 7.72. The minimum absolute atomic E-state index is 0.000880. The van der Waals surface area contributed by atoms with Gasteiger partial charge in [0, 0.05) is 0 Å². The van der Waals surface area contributed by atoms with Gasteiger partial charge in [-0.1, -0.05) is 12.1 Å². The van der Waals surface area contributed by atoms with Crippen LogP contribution in [0.2, 0.25) is 0 Å². The Morgan fingerprint density at radius 1 is 1.31 bits per heavy atom. The quantitative estimate of drug-likeness (QED) is 0.675. The Bertz CT molecular complexity index is 479. The van der Waals surface area contributed by atoms with Gasteiger partial charge in [-0.2, -0.15) is 4.99 Å². The molecule has 0 fully saturated rings. The molecular formula is C11H9NO4. The lowest BCUT2D eigenvalue weighted by molar-refractivity contribution is 0.0987. The monoisotopic (exact) mass is 219 g/mol. The van der Waals surface area contributed by atoms with E-state index in [4.69, 9.17) is 4.74 Å². The molecule has 0 unspecified atom stereocenters. The maximum absolute atomic E-state index is 11.4. The summed E-state index contributed by atoms with van der Waals surface area (Å²) < 4.78 is 9.42. The summed E-state index contributed by atoms with van der Waals surface area (Å²) in [7, 11) is 0. The van der Waals surface area contributed by atoms with E-state index in [0.29, 0.717) is 11.1 Å². The van der Waals surface area contributed by atoms with Crippen molar-refractivity contribution in [3.05, 3.63) is 35.4 Å². The number of carbonyl (C=O) groups is 2. The first-order valence-electron chi connectivity index (χ1n) is 4.79. The molecule has 5 heteroatoms. The molecule has 0 bridgehead atoms. The molecule has 1 aliphatic heterocycles. The standard InChI is InChI=1S/C11H9NO4/c1-2-15-11(14)16-10-8-6-4-3-5-7(8)9(13)12-10/h3-6H,2H2,1H3. The highest BCUT2D eigenvalue weighted by atomic mass is 16.7. The van der Waals surface area contributed by atoms with Gasteiger partial charge in [-0.3, -0.25) is 4.79 Å². The molecule has 0 saturated carbocycles. The van der Waals surface area contributed by atoms with Gasteiger partial charge in [-0.25, -0.2) is 4.79 Å². The SMILES string of the molecule is CCOC(=O)OC1=NC(=O)c2ccccc21. The molecule has 1 heterocycles. The van der Waals surface area contributed by atoms with E-state index in [2.05, 4.69) is 9.73 Å². The second-order valence-corrected chi connectivity index (χ2v) is 3.05. The molecule has 0 saturated heterocycles. The smallest absolute Gasteiger partial charge is 0.434 e. The molecular weight excluding hydrogens is 210 g/mol. The van der Waals surface area contributed by atoms with Crippen LogP contribution < -0.4 is 0 Å². The summed E-state index contributed by atoms with van der Waals surface area (Å²) >= 11 is 0. The largest absolute Gasteiger partial charge is 0.515 e. The van der Waals surface area contributed by atoms with Crippen LogP contribution in [0.15, 0.2) is 29.3 Å². The molecule has 1 aromatic carbocycles. The first kappa shape index (κ1) is 10.4. The third-order valence-corrected chi connectivity index (χ3v) is 2.03. The molecule has 0 atom stereocenters. The fourth-order valence-corrected chi connectivity index (χ4v) is 1.37. The van der Waals surface area contributed by atoms with Crippen LogP contribution in [-0.2, 0) is 9.47 Å². The summed E-state index contributed by atoms with van der Waals surface area (Å²) in [5.41, 5.74) is 0.947. The van der Waals surface area contributed by atoms with E-state index in [1.54, 1.807) is 31.2 Å². The van der Waals surface area contributed by atoms with Gasteiger partial charge in [0.05, 0.1) is 17.7 Å². The van der Waals surface area contributed by atoms with Crippen LogP contribution in [0, 0.1) is 0 Å². The van der Waals surface area contributed by atoms with Gasteiger partial charge in [-0.05, 0) is 19.1 Å². The van der Waals surface area contributed by atoms with Crippen molar-refractivity contribution in [1.82, 2.24) is 0 Å². The van der Waals surface area contributed by atoms with Crippen molar-refractivity contribution in [2.24, 2.45) is 4.99 Å². The number of benzene rings is 1. The normalized spacial score (nSPS) is 13.1. The summed E-state index contributed by atoms with van der Waals surface area (Å²) in [5.74, 6) is -0.408. The highest BCUT2D eigenvalue weighted by Gasteiger charge is 2.26. The molecule has 82 valence electrons. The van der Waals surface area contributed by atoms with Crippen molar-refractivity contribution in [3.8, 4) is 0 Å². The number of hydrogen-bond donors (Lipinski definition) is 0. The molecule has 0 spiro atoms. The maximum Gasteiger partial charge on any atom is 0.515 e. The van der Waals surface area contributed by atoms with Crippen LogP contribution in [0.1, 0.15) is 22.8 Å². The third-order valence-electron chi connectivity index (χ3n) is 2.03. The van der Waals surface area contributed by atoms with Gasteiger partial charge in [0.1, 0.15) is 0 Å². The van der Waals surface area contributed by atoms with Gasteiger partial charge in [0.25, 0.3) is 5.91 Å². The number of amides is 1. The van der Waals surface area contributed by atoms with E-state index in [1.165, 1.54) is 0 Å². The molecule has 0 radical (unpaired) electrons. The lowest BCUT2D eigenvalue weighted by atomic mass is 10.1. The zero-order chi connectivity index (χ0) is 11.5. The highest BCUT2D eigenvalue weighted by molar-refractivity contribution is 6.19. The van der Waals surface area contributed by atoms with Crippen molar-refractivity contribution in [3.63, 3.8) is 0 Å². The second-order valence-electron chi connectivity index (χ2n) is 3.05. The fourth-order valence-electron chi connectivity index (χ4n) is 1.37. The predicted molar refractivity (Wildman–Crippen MR) is 55.4 cm³/mol. The number of ether oxygens (including phenoxy) is 2. The first-order valence-corrected chi connectivity index (χ1v) is 4.79. The predicted octanol–water partition coefficient (Wildman–Crippen LogP) is 1.76.